The highest BCUT2D eigenvalue weighted by Gasteiger charge is 2.27. The molecule has 0 bridgehead atoms. The normalized spacial score (nSPS) is 14.4. The van der Waals surface area contributed by atoms with Crippen molar-refractivity contribution in [3.8, 4) is 0 Å². The minimum absolute atomic E-state index is 0.273. The molecular formula is C10H22N3O4P. The maximum Gasteiger partial charge on any atom is 0.448 e. The highest BCUT2D eigenvalue weighted by molar-refractivity contribution is 7.51. The number of oxime groups is 1. The zero-order valence-electron chi connectivity index (χ0n) is 11.7. The van der Waals surface area contributed by atoms with E-state index < -0.39 is 7.75 Å². The molecule has 0 heterocycles. The van der Waals surface area contributed by atoms with E-state index in [1.54, 1.807) is 41.5 Å². The molecule has 2 N–H and O–H groups in total. The molecule has 0 aromatic heterocycles. The van der Waals surface area contributed by atoms with Crippen molar-refractivity contribution in [2.24, 2.45) is 10.3 Å². The van der Waals surface area contributed by atoms with Crippen LogP contribution in [-0.2, 0) is 13.6 Å². The van der Waals surface area contributed by atoms with Gasteiger partial charge in [-0.2, -0.15) is 5.10 Å². The van der Waals surface area contributed by atoms with Crippen molar-refractivity contribution in [3.63, 3.8) is 0 Å². The quantitative estimate of drug-likeness (QED) is 0.323. The van der Waals surface area contributed by atoms with Gasteiger partial charge in [0.2, 0.25) is 0 Å². The van der Waals surface area contributed by atoms with Gasteiger partial charge in [-0.25, -0.2) is 9.76 Å². The fraction of sp³-hybridized carbons (Fsp3) is 0.800. The van der Waals surface area contributed by atoms with Gasteiger partial charge in [0, 0.05) is 0 Å². The van der Waals surface area contributed by atoms with Crippen LogP contribution < -0.4 is 5.20 Å². The van der Waals surface area contributed by atoms with Gasteiger partial charge in [0.1, 0.15) is 0 Å². The van der Waals surface area contributed by atoms with Crippen molar-refractivity contribution in [3.05, 3.63) is 0 Å². The second-order valence-electron chi connectivity index (χ2n) is 4.29. The van der Waals surface area contributed by atoms with Crippen molar-refractivity contribution in [2.45, 2.75) is 53.8 Å². The first-order valence-corrected chi connectivity index (χ1v) is 7.22. The zero-order valence-corrected chi connectivity index (χ0v) is 12.6. The van der Waals surface area contributed by atoms with Gasteiger partial charge in [0.25, 0.3) is 0 Å². The van der Waals surface area contributed by atoms with Crippen molar-refractivity contribution < 1.29 is 18.8 Å². The Labute approximate surface area is 108 Å². The van der Waals surface area contributed by atoms with Crippen LogP contribution in [0.5, 0.6) is 0 Å². The SMILES string of the molecule is CC(=N\O)/C(C)=N/NP(=O)(OC(C)C)OC(C)C. The van der Waals surface area contributed by atoms with Gasteiger partial charge >= 0.3 is 7.75 Å². The summed E-state index contributed by atoms with van der Waals surface area (Å²) < 4.78 is 22.7. The molecule has 0 amide bonds. The van der Waals surface area contributed by atoms with E-state index in [9.17, 15) is 4.57 Å². The molecule has 0 aromatic rings. The van der Waals surface area contributed by atoms with E-state index in [-0.39, 0.29) is 12.2 Å². The summed E-state index contributed by atoms with van der Waals surface area (Å²) in [4.78, 5) is 0. The first kappa shape index (κ1) is 17.1. The van der Waals surface area contributed by atoms with Gasteiger partial charge in [-0.15, -0.1) is 0 Å². The lowest BCUT2D eigenvalue weighted by Crippen LogP contribution is -2.18. The molecule has 0 aliphatic rings. The third-order valence-electron chi connectivity index (χ3n) is 1.71. The van der Waals surface area contributed by atoms with Crippen LogP contribution >= 0.6 is 7.75 Å². The predicted octanol–water partition coefficient (Wildman–Crippen LogP) is 2.76. The summed E-state index contributed by atoms with van der Waals surface area (Å²) >= 11 is 0. The van der Waals surface area contributed by atoms with Crippen LogP contribution in [0, 0.1) is 0 Å². The molecular weight excluding hydrogens is 257 g/mol. The number of rotatable bonds is 7. The van der Waals surface area contributed by atoms with Crippen molar-refractivity contribution in [1.82, 2.24) is 5.20 Å². The predicted molar refractivity (Wildman–Crippen MR) is 71.2 cm³/mol. The lowest BCUT2D eigenvalue weighted by Gasteiger charge is -2.21. The van der Waals surface area contributed by atoms with Crippen LogP contribution in [-0.4, -0.2) is 28.8 Å². The summed E-state index contributed by atoms with van der Waals surface area (Å²) in [6.07, 6.45) is -0.546. The summed E-state index contributed by atoms with van der Waals surface area (Å²) in [5.74, 6) is 0. The van der Waals surface area contributed by atoms with E-state index in [0.29, 0.717) is 11.4 Å². The molecule has 0 unspecified atom stereocenters. The Morgan fingerprint density at radius 3 is 1.89 bits per heavy atom. The smallest absolute Gasteiger partial charge is 0.411 e. The van der Waals surface area contributed by atoms with Gasteiger partial charge in [-0.05, 0) is 41.5 Å². The van der Waals surface area contributed by atoms with Gasteiger partial charge < -0.3 is 5.21 Å². The monoisotopic (exact) mass is 279 g/mol. The second kappa shape index (κ2) is 7.51. The van der Waals surface area contributed by atoms with E-state index in [4.69, 9.17) is 14.3 Å². The van der Waals surface area contributed by atoms with Crippen LogP contribution in [0.25, 0.3) is 0 Å². The number of nitrogens with zero attached hydrogens (tertiary/aromatic N) is 2. The highest BCUT2D eigenvalue weighted by atomic mass is 31.2. The van der Waals surface area contributed by atoms with Crippen LogP contribution in [0.1, 0.15) is 41.5 Å². The maximum atomic E-state index is 12.3. The summed E-state index contributed by atoms with van der Waals surface area (Å²) in [7, 11) is -3.51. The molecule has 18 heavy (non-hydrogen) atoms. The lowest BCUT2D eigenvalue weighted by atomic mass is 10.3. The Hall–Kier alpha value is -0.910. The Morgan fingerprint density at radius 2 is 1.56 bits per heavy atom. The Kier molecular flexibility index (Phi) is 7.13. The fourth-order valence-corrected chi connectivity index (χ4v) is 2.44. The topological polar surface area (TPSA) is 92.5 Å². The first-order chi connectivity index (χ1) is 8.20. The number of hydrogen-bond donors (Lipinski definition) is 2. The summed E-state index contributed by atoms with van der Waals surface area (Å²) in [6, 6.07) is 0. The molecule has 0 rings (SSSR count). The van der Waals surface area contributed by atoms with E-state index in [1.165, 1.54) is 0 Å². The maximum absolute atomic E-state index is 12.3. The molecule has 0 spiro atoms. The standard InChI is InChI=1S/C10H22N3O4P/c1-7(2)16-18(15,17-8(3)4)13-11-9(5)10(6)12-14/h7-8,14H,1-6H3,(H,13,15)/b11-9+,12-10+. The van der Waals surface area contributed by atoms with Crippen molar-refractivity contribution >= 4 is 19.2 Å². The van der Waals surface area contributed by atoms with Crippen LogP contribution in [0.2, 0.25) is 0 Å². The average molecular weight is 279 g/mol. The minimum Gasteiger partial charge on any atom is -0.411 e. The molecule has 0 atom stereocenters. The Balaban J connectivity index is 4.86. The highest BCUT2D eigenvalue weighted by Crippen LogP contribution is 2.46. The molecule has 106 valence electrons. The number of hydrazone groups is 1. The minimum atomic E-state index is -3.51. The Bertz CT molecular complexity index is 352. The van der Waals surface area contributed by atoms with E-state index >= 15 is 0 Å². The first-order valence-electron chi connectivity index (χ1n) is 5.67. The molecule has 8 heteroatoms. The number of hydrogen-bond acceptors (Lipinski definition) is 6. The van der Waals surface area contributed by atoms with E-state index in [0.717, 1.165) is 0 Å². The van der Waals surface area contributed by atoms with Crippen molar-refractivity contribution in [1.29, 1.82) is 0 Å². The third-order valence-corrected chi connectivity index (χ3v) is 3.46. The fourth-order valence-electron chi connectivity index (χ4n) is 0.917. The molecule has 0 aromatic carbocycles. The van der Waals surface area contributed by atoms with Gasteiger partial charge in [-0.1, -0.05) is 5.16 Å². The molecule has 0 saturated carbocycles. The summed E-state index contributed by atoms with van der Waals surface area (Å²) in [6.45, 7) is 10.2. The summed E-state index contributed by atoms with van der Waals surface area (Å²) in [5.41, 5.74) is 0.695. The average Bonchev–Trinajstić information content (AvgIpc) is 2.22. The third kappa shape index (κ3) is 6.74. The largest absolute Gasteiger partial charge is 0.448 e. The summed E-state index contributed by atoms with van der Waals surface area (Å²) in [5, 5.41) is 17.8. The number of nitrogens with one attached hydrogen (secondary N) is 1. The van der Waals surface area contributed by atoms with Crippen molar-refractivity contribution in [2.75, 3.05) is 0 Å². The molecule has 0 fully saturated rings. The second-order valence-corrected chi connectivity index (χ2v) is 5.90. The lowest BCUT2D eigenvalue weighted by molar-refractivity contribution is 0.136. The van der Waals surface area contributed by atoms with Crippen LogP contribution in [0.3, 0.4) is 0 Å². The molecule has 7 nitrogen and oxygen atoms in total. The molecule has 0 aliphatic carbocycles. The van der Waals surface area contributed by atoms with E-state index in [1.807, 2.05) is 0 Å². The molecule has 0 radical (unpaired) electrons. The van der Waals surface area contributed by atoms with Crippen LogP contribution in [0.15, 0.2) is 10.3 Å². The van der Waals surface area contributed by atoms with Gasteiger partial charge in [0.15, 0.2) is 0 Å². The van der Waals surface area contributed by atoms with Gasteiger partial charge in [0.05, 0.1) is 23.6 Å². The molecule has 0 saturated heterocycles. The zero-order chi connectivity index (χ0) is 14.3. The Morgan fingerprint density at radius 1 is 1.11 bits per heavy atom. The molecule has 0 aliphatic heterocycles. The van der Waals surface area contributed by atoms with E-state index in [2.05, 4.69) is 15.5 Å². The van der Waals surface area contributed by atoms with Gasteiger partial charge in [-0.3, -0.25) is 9.05 Å². The van der Waals surface area contributed by atoms with Crippen LogP contribution in [0.4, 0.5) is 0 Å².